The maximum absolute atomic E-state index is 6.20. The quantitative estimate of drug-likeness (QED) is 0.877. The van der Waals surface area contributed by atoms with Crippen LogP contribution < -0.4 is 5.73 Å². The van der Waals surface area contributed by atoms with Gasteiger partial charge in [0, 0.05) is 32.0 Å². The van der Waals surface area contributed by atoms with E-state index in [1.807, 2.05) is 23.9 Å². The van der Waals surface area contributed by atoms with Crippen molar-refractivity contribution >= 4 is 10.9 Å². The molecule has 0 aliphatic carbocycles. The first-order valence-electron chi connectivity index (χ1n) is 6.36. The van der Waals surface area contributed by atoms with E-state index in [4.69, 9.17) is 10.5 Å². The molecule has 18 heavy (non-hydrogen) atoms. The number of rotatable bonds is 5. The highest BCUT2D eigenvalue weighted by atomic mass is 16.5. The molecule has 0 saturated carbocycles. The molecule has 0 aliphatic heterocycles. The van der Waals surface area contributed by atoms with Crippen LogP contribution in [-0.2, 0) is 18.2 Å². The largest absolute Gasteiger partial charge is 0.380 e. The summed E-state index contributed by atoms with van der Waals surface area (Å²) in [7, 11) is 3.68. The van der Waals surface area contributed by atoms with Gasteiger partial charge in [0.1, 0.15) is 0 Å². The first-order valence-corrected chi connectivity index (χ1v) is 6.36. The van der Waals surface area contributed by atoms with Crippen LogP contribution in [-0.4, -0.2) is 29.0 Å². The summed E-state index contributed by atoms with van der Waals surface area (Å²) in [4.78, 5) is 0. The number of aryl methyl sites for hydroxylation is 1. The molecule has 0 bridgehead atoms. The number of hydrogen-bond acceptors (Lipinski definition) is 3. The molecule has 4 nitrogen and oxygen atoms in total. The van der Waals surface area contributed by atoms with Crippen molar-refractivity contribution in [1.29, 1.82) is 0 Å². The Labute approximate surface area is 108 Å². The summed E-state index contributed by atoms with van der Waals surface area (Å²) in [5, 5.41) is 5.74. The number of nitrogens with two attached hydrogens (primary N) is 1. The molecule has 0 spiro atoms. The molecule has 2 aromatic rings. The Morgan fingerprint density at radius 3 is 2.78 bits per heavy atom. The summed E-state index contributed by atoms with van der Waals surface area (Å²) in [6, 6.07) is 8.21. The van der Waals surface area contributed by atoms with Gasteiger partial charge in [0.2, 0.25) is 0 Å². The minimum Gasteiger partial charge on any atom is -0.380 e. The monoisotopic (exact) mass is 247 g/mol. The average Bonchev–Trinajstić information content (AvgIpc) is 2.69. The molecule has 0 radical (unpaired) electrons. The van der Waals surface area contributed by atoms with Crippen molar-refractivity contribution in [2.45, 2.75) is 31.9 Å². The summed E-state index contributed by atoms with van der Waals surface area (Å²) in [5.41, 5.74) is 8.39. The van der Waals surface area contributed by atoms with Crippen molar-refractivity contribution < 1.29 is 4.74 Å². The van der Waals surface area contributed by atoms with Crippen molar-refractivity contribution in [2.24, 2.45) is 12.8 Å². The zero-order chi connectivity index (χ0) is 13.1. The van der Waals surface area contributed by atoms with E-state index < -0.39 is 0 Å². The van der Waals surface area contributed by atoms with Crippen molar-refractivity contribution in [3.05, 3.63) is 30.0 Å². The van der Waals surface area contributed by atoms with Gasteiger partial charge in [-0.15, -0.1) is 0 Å². The van der Waals surface area contributed by atoms with Crippen LogP contribution in [0.5, 0.6) is 0 Å². The highest BCUT2D eigenvalue weighted by Gasteiger charge is 2.18. The molecule has 0 amide bonds. The number of ether oxygens (including phenoxy) is 1. The first-order chi connectivity index (χ1) is 8.67. The zero-order valence-electron chi connectivity index (χ0n) is 11.3. The van der Waals surface area contributed by atoms with Crippen molar-refractivity contribution in [1.82, 2.24) is 9.78 Å². The van der Waals surface area contributed by atoms with E-state index in [-0.39, 0.29) is 12.1 Å². The zero-order valence-corrected chi connectivity index (χ0v) is 11.3. The molecule has 0 fully saturated rings. The molecular formula is C14H21N3O. The topological polar surface area (TPSA) is 53.1 Å². The summed E-state index contributed by atoms with van der Waals surface area (Å²) in [5.74, 6) is 0. The standard InChI is InChI=1S/C14H21N3O/c1-4-14(18-3)11(15)9-12-10-7-5-6-8-13(10)17(2)16-12/h5-8,11,14H,4,9,15H2,1-3H3. The first kappa shape index (κ1) is 13.1. The fourth-order valence-corrected chi connectivity index (χ4v) is 2.44. The van der Waals surface area contributed by atoms with Gasteiger partial charge in [-0.3, -0.25) is 4.68 Å². The average molecular weight is 247 g/mol. The van der Waals surface area contributed by atoms with Crippen LogP contribution in [0.25, 0.3) is 10.9 Å². The Bertz CT molecular complexity index is 517. The van der Waals surface area contributed by atoms with E-state index in [2.05, 4.69) is 24.2 Å². The molecule has 0 aliphatic rings. The molecule has 2 unspecified atom stereocenters. The van der Waals surface area contributed by atoms with Gasteiger partial charge in [-0.25, -0.2) is 0 Å². The molecule has 98 valence electrons. The summed E-state index contributed by atoms with van der Waals surface area (Å²) in [6.45, 7) is 2.09. The summed E-state index contributed by atoms with van der Waals surface area (Å²) in [6.07, 6.45) is 1.75. The molecular weight excluding hydrogens is 226 g/mol. The van der Waals surface area contributed by atoms with Crippen molar-refractivity contribution in [3.63, 3.8) is 0 Å². The minimum atomic E-state index is -0.0155. The second-order valence-corrected chi connectivity index (χ2v) is 4.64. The van der Waals surface area contributed by atoms with Gasteiger partial charge >= 0.3 is 0 Å². The van der Waals surface area contributed by atoms with Gasteiger partial charge in [-0.05, 0) is 12.5 Å². The predicted molar refractivity (Wildman–Crippen MR) is 73.5 cm³/mol. The summed E-state index contributed by atoms with van der Waals surface area (Å²) < 4.78 is 7.30. The molecule has 4 heteroatoms. The number of nitrogens with zero attached hydrogens (tertiary/aromatic N) is 2. The number of benzene rings is 1. The highest BCUT2D eigenvalue weighted by molar-refractivity contribution is 5.81. The number of methoxy groups -OCH3 is 1. The smallest absolute Gasteiger partial charge is 0.0723 e. The molecule has 1 aromatic heterocycles. The van der Waals surface area contributed by atoms with E-state index in [0.717, 1.165) is 24.1 Å². The second-order valence-electron chi connectivity index (χ2n) is 4.64. The Morgan fingerprint density at radius 1 is 1.39 bits per heavy atom. The highest BCUT2D eigenvalue weighted by Crippen LogP contribution is 2.19. The van der Waals surface area contributed by atoms with E-state index in [0.29, 0.717) is 0 Å². The van der Waals surface area contributed by atoms with E-state index in [1.54, 1.807) is 7.11 Å². The Hall–Kier alpha value is -1.39. The number of fused-ring (bicyclic) bond motifs is 1. The third kappa shape index (κ3) is 2.40. The van der Waals surface area contributed by atoms with Crippen LogP contribution in [0.1, 0.15) is 19.0 Å². The molecule has 2 N–H and O–H groups in total. The van der Waals surface area contributed by atoms with E-state index >= 15 is 0 Å². The molecule has 1 heterocycles. The lowest BCUT2D eigenvalue weighted by molar-refractivity contribution is 0.0771. The summed E-state index contributed by atoms with van der Waals surface area (Å²) >= 11 is 0. The van der Waals surface area contributed by atoms with Gasteiger partial charge in [-0.1, -0.05) is 25.1 Å². The Balaban J connectivity index is 2.27. The van der Waals surface area contributed by atoms with Gasteiger partial charge < -0.3 is 10.5 Å². The van der Waals surface area contributed by atoms with Crippen LogP contribution >= 0.6 is 0 Å². The van der Waals surface area contributed by atoms with Crippen molar-refractivity contribution in [3.8, 4) is 0 Å². The lowest BCUT2D eigenvalue weighted by Gasteiger charge is -2.20. The van der Waals surface area contributed by atoms with Gasteiger partial charge in [0.25, 0.3) is 0 Å². The number of para-hydroxylation sites is 1. The van der Waals surface area contributed by atoms with E-state index in [9.17, 15) is 0 Å². The van der Waals surface area contributed by atoms with Crippen LogP contribution in [0, 0.1) is 0 Å². The second kappa shape index (κ2) is 5.50. The number of hydrogen-bond donors (Lipinski definition) is 1. The van der Waals surface area contributed by atoms with Gasteiger partial charge in [0.15, 0.2) is 0 Å². The van der Waals surface area contributed by atoms with Crippen molar-refractivity contribution in [2.75, 3.05) is 7.11 Å². The fourth-order valence-electron chi connectivity index (χ4n) is 2.44. The molecule has 2 atom stereocenters. The SMILES string of the molecule is CCC(OC)C(N)Cc1nn(C)c2ccccc12. The maximum Gasteiger partial charge on any atom is 0.0723 e. The van der Waals surface area contributed by atoms with Crippen LogP contribution in [0.2, 0.25) is 0 Å². The number of aromatic nitrogens is 2. The lowest BCUT2D eigenvalue weighted by Crippen LogP contribution is -2.37. The molecule has 0 saturated heterocycles. The maximum atomic E-state index is 6.20. The fraction of sp³-hybridized carbons (Fsp3) is 0.500. The Morgan fingerprint density at radius 2 is 2.11 bits per heavy atom. The third-order valence-electron chi connectivity index (χ3n) is 3.45. The molecule has 2 rings (SSSR count). The Kier molecular flexibility index (Phi) is 3.99. The normalized spacial score (nSPS) is 14.9. The van der Waals surface area contributed by atoms with E-state index in [1.165, 1.54) is 5.39 Å². The predicted octanol–water partition coefficient (Wildman–Crippen LogP) is 1.87. The van der Waals surface area contributed by atoms with Crippen LogP contribution in [0.15, 0.2) is 24.3 Å². The van der Waals surface area contributed by atoms with Crippen LogP contribution in [0.4, 0.5) is 0 Å². The molecule has 1 aromatic carbocycles. The van der Waals surface area contributed by atoms with Gasteiger partial charge in [0.05, 0.1) is 17.3 Å². The lowest BCUT2D eigenvalue weighted by atomic mass is 10.0. The minimum absolute atomic E-state index is 0.0155. The van der Waals surface area contributed by atoms with Gasteiger partial charge in [-0.2, -0.15) is 5.10 Å². The van der Waals surface area contributed by atoms with Crippen LogP contribution in [0.3, 0.4) is 0 Å². The third-order valence-corrected chi connectivity index (χ3v) is 3.45.